The van der Waals surface area contributed by atoms with Gasteiger partial charge in [-0.25, -0.2) is 4.98 Å². The second-order valence-corrected chi connectivity index (χ2v) is 9.19. The van der Waals surface area contributed by atoms with E-state index in [0.717, 1.165) is 12.8 Å². The summed E-state index contributed by atoms with van der Waals surface area (Å²) in [4.78, 5) is 33.0. The summed E-state index contributed by atoms with van der Waals surface area (Å²) in [7, 11) is 1.52. The number of allylic oxidation sites excluding steroid dienone is 2. The Labute approximate surface area is 208 Å². The molecule has 0 unspecified atom stereocenters. The van der Waals surface area contributed by atoms with Gasteiger partial charge in [-0.15, -0.1) is 0 Å². The van der Waals surface area contributed by atoms with Gasteiger partial charge in [-0.2, -0.15) is 5.26 Å². The summed E-state index contributed by atoms with van der Waals surface area (Å²) in [5, 5.41) is 10.6. The molecule has 0 spiro atoms. The number of halogens is 1. The minimum absolute atomic E-state index is 0.0304. The van der Waals surface area contributed by atoms with Crippen LogP contribution in [0.5, 0.6) is 5.75 Å². The van der Waals surface area contributed by atoms with Gasteiger partial charge in [0.05, 0.1) is 20.0 Å². The first-order valence-corrected chi connectivity index (χ1v) is 11.7. The van der Waals surface area contributed by atoms with E-state index in [-0.39, 0.29) is 30.4 Å². The standard InChI is InChI=1S/C25H27ClN6O3/c1-16(26)8-10-32-23-22(20(12-27)24(32)30-9-4-6-18(28)13-30)29-15-31(25(23)34)14-21(33)17-5-3-7-19(11-17)35-2/h3,5,7-8,11,15,18H,4,6,9-10,13-14,28H2,1-2H3/t18-/m0/s1. The van der Waals surface area contributed by atoms with E-state index in [1.807, 2.05) is 4.90 Å². The number of carbonyl (C=O) groups is 1. The van der Waals surface area contributed by atoms with E-state index in [4.69, 9.17) is 22.1 Å². The molecule has 0 bridgehead atoms. The first kappa shape index (κ1) is 24.5. The lowest BCUT2D eigenvalue weighted by molar-refractivity contribution is 0.0970. The number of hydrogen-bond acceptors (Lipinski definition) is 7. The number of nitriles is 1. The van der Waals surface area contributed by atoms with Crippen LogP contribution in [-0.4, -0.2) is 46.1 Å². The molecule has 0 aliphatic carbocycles. The molecule has 182 valence electrons. The van der Waals surface area contributed by atoms with Crippen LogP contribution in [0, 0.1) is 11.3 Å². The zero-order valence-electron chi connectivity index (χ0n) is 19.7. The Morgan fingerprint density at radius 1 is 1.43 bits per heavy atom. The minimum atomic E-state index is -0.407. The number of anilines is 1. The van der Waals surface area contributed by atoms with Crippen LogP contribution in [-0.2, 0) is 13.1 Å². The molecule has 3 aromatic rings. The van der Waals surface area contributed by atoms with Gasteiger partial charge in [-0.05, 0) is 31.9 Å². The topological polar surface area (TPSA) is 119 Å². The summed E-state index contributed by atoms with van der Waals surface area (Å²) in [5.74, 6) is 0.898. The van der Waals surface area contributed by atoms with Gasteiger partial charge in [0.2, 0.25) is 0 Å². The van der Waals surface area contributed by atoms with Crippen LogP contribution < -0.4 is 20.9 Å². The van der Waals surface area contributed by atoms with Gasteiger partial charge in [0.1, 0.15) is 34.2 Å². The third kappa shape index (κ3) is 4.94. The van der Waals surface area contributed by atoms with Gasteiger partial charge < -0.3 is 19.9 Å². The van der Waals surface area contributed by atoms with Crippen molar-refractivity contribution in [3.8, 4) is 11.8 Å². The number of rotatable bonds is 7. The highest BCUT2D eigenvalue weighted by atomic mass is 35.5. The lowest BCUT2D eigenvalue weighted by Gasteiger charge is -2.33. The predicted molar refractivity (Wildman–Crippen MR) is 135 cm³/mol. The summed E-state index contributed by atoms with van der Waals surface area (Å²) < 4.78 is 8.23. The van der Waals surface area contributed by atoms with Crippen molar-refractivity contribution in [1.82, 2.24) is 14.1 Å². The van der Waals surface area contributed by atoms with E-state index in [9.17, 15) is 14.9 Å². The Balaban J connectivity index is 1.84. The van der Waals surface area contributed by atoms with E-state index in [0.29, 0.717) is 46.3 Å². The highest BCUT2D eigenvalue weighted by Gasteiger charge is 2.28. The highest BCUT2D eigenvalue weighted by molar-refractivity contribution is 6.29. The Bertz CT molecular complexity index is 1400. The molecule has 1 fully saturated rings. The molecule has 10 heteroatoms. The van der Waals surface area contributed by atoms with E-state index in [1.165, 1.54) is 18.0 Å². The smallest absolute Gasteiger partial charge is 0.278 e. The second kappa shape index (κ2) is 10.3. The third-order valence-electron chi connectivity index (χ3n) is 6.13. The van der Waals surface area contributed by atoms with E-state index in [1.54, 1.807) is 41.8 Å². The van der Waals surface area contributed by atoms with Gasteiger partial charge in [-0.3, -0.25) is 14.2 Å². The molecule has 3 heterocycles. The summed E-state index contributed by atoms with van der Waals surface area (Å²) in [6.07, 6.45) is 4.87. The first-order valence-electron chi connectivity index (χ1n) is 11.4. The average molecular weight is 495 g/mol. The van der Waals surface area contributed by atoms with Crippen molar-refractivity contribution in [2.24, 2.45) is 5.73 Å². The van der Waals surface area contributed by atoms with Crippen molar-refractivity contribution in [2.45, 2.75) is 38.9 Å². The average Bonchev–Trinajstić information content (AvgIpc) is 3.18. The van der Waals surface area contributed by atoms with Gasteiger partial charge in [0, 0.05) is 36.3 Å². The fourth-order valence-corrected chi connectivity index (χ4v) is 4.50. The molecular formula is C25H27ClN6O3. The van der Waals surface area contributed by atoms with Crippen molar-refractivity contribution in [3.05, 3.63) is 63.2 Å². The number of ketones is 1. The summed E-state index contributed by atoms with van der Waals surface area (Å²) in [6.45, 7) is 3.11. The lowest BCUT2D eigenvalue weighted by Crippen LogP contribution is -2.44. The Morgan fingerprint density at radius 3 is 2.91 bits per heavy atom. The number of methoxy groups -OCH3 is 1. The Hall–Kier alpha value is -3.61. The van der Waals surface area contributed by atoms with Crippen molar-refractivity contribution < 1.29 is 9.53 Å². The quantitative estimate of drug-likeness (QED) is 0.501. The van der Waals surface area contributed by atoms with Crippen molar-refractivity contribution in [3.63, 3.8) is 0 Å². The van der Waals surface area contributed by atoms with E-state index in [2.05, 4.69) is 11.1 Å². The number of piperidine rings is 1. The molecule has 0 amide bonds. The van der Waals surface area contributed by atoms with Crippen LogP contribution in [0.4, 0.5) is 5.82 Å². The number of fused-ring (bicyclic) bond motifs is 1. The van der Waals surface area contributed by atoms with Crippen LogP contribution in [0.15, 0.2) is 46.5 Å². The van der Waals surface area contributed by atoms with Crippen molar-refractivity contribution in [2.75, 3.05) is 25.1 Å². The first-order chi connectivity index (χ1) is 16.8. The maximum Gasteiger partial charge on any atom is 0.278 e. The fraction of sp³-hybridized carbons (Fsp3) is 0.360. The zero-order chi connectivity index (χ0) is 25.1. The Kier molecular flexibility index (Phi) is 7.24. The SMILES string of the molecule is COc1cccc(C(=O)Cn2cnc3c(C#N)c(N4CCC[C@H](N)C4)n(CC=C(C)Cl)c3c2=O)c1. The second-order valence-electron chi connectivity index (χ2n) is 8.59. The predicted octanol–water partition coefficient (Wildman–Crippen LogP) is 3.03. The molecule has 1 aliphatic heterocycles. The number of ether oxygens (including phenoxy) is 1. The molecule has 2 N–H and O–H groups in total. The fourth-order valence-electron chi connectivity index (χ4n) is 4.44. The monoisotopic (exact) mass is 494 g/mol. The van der Waals surface area contributed by atoms with Gasteiger partial charge in [0.15, 0.2) is 5.78 Å². The largest absolute Gasteiger partial charge is 0.497 e. The molecule has 1 aromatic carbocycles. The molecule has 1 atom stereocenters. The normalized spacial score (nSPS) is 16.4. The maximum absolute atomic E-state index is 13.6. The summed E-state index contributed by atoms with van der Waals surface area (Å²) >= 11 is 6.11. The number of benzene rings is 1. The van der Waals surface area contributed by atoms with Crippen LogP contribution in [0.25, 0.3) is 11.0 Å². The molecule has 0 saturated carbocycles. The highest BCUT2D eigenvalue weighted by Crippen LogP contribution is 2.32. The van der Waals surface area contributed by atoms with E-state index >= 15 is 0 Å². The number of aromatic nitrogens is 3. The third-order valence-corrected chi connectivity index (χ3v) is 6.28. The lowest BCUT2D eigenvalue weighted by atomic mass is 10.1. The van der Waals surface area contributed by atoms with Crippen molar-refractivity contribution in [1.29, 1.82) is 5.26 Å². The van der Waals surface area contributed by atoms with Crippen LogP contribution in [0.2, 0.25) is 0 Å². The summed E-state index contributed by atoms with van der Waals surface area (Å²) in [5.41, 5.74) is 7.10. The van der Waals surface area contributed by atoms with Crippen LogP contribution in [0.1, 0.15) is 35.7 Å². The van der Waals surface area contributed by atoms with Crippen LogP contribution >= 0.6 is 11.6 Å². The van der Waals surface area contributed by atoms with E-state index < -0.39 is 5.56 Å². The zero-order valence-corrected chi connectivity index (χ0v) is 20.5. The maximum atomic E-state index is 13.6. The van der Waals surface area contributed by atoms with Gasteiger partial charge in [-0.1, -0.05) is 29.8 Å². The van der Waals surface area contributed by atoms with Crippen LogP contribution in [0.3, 0.4) is 0 Å². The molecule has 1 aliphatic rings. The van der Waals surface area contributed by atoms with Crippen molar-refractivity contribution >= 4 is 34.2 Å². The minimum Gasteiger partial charge on any atom is -0.497 e. The number of hydrogen-bond donors (Lipinski definition) is 1. The summed E-state index contributed by atoms with van der Waals surface area (Å²) in [6, 6.07) is 8.97. The molecule has 9 nitrogen and oxygen atoms in total. The molecular weight excluding hydrogens is 468 g/mol. The number of nitrogens with zero attached hydrogens (tertiary/aromatic N) is 5. The van der Waals surface area contributed by atoms with Gasteiger partial charge >= 0.3 is 0 Å². The molecule has 0 radical (unpaired) electrons. The number of nitrogens with two attached hydrogens (primary N) is 1. The molecule has 2 aromatic heterocycles. The number of Topliss-reactive ketones (excluding diaryl/α,β-unsaturated/α-hetero) is 1. The van der Waals surface area contributed by atoms with Gasteiger partial charge in [0.25, 0.3) is 5.56 Å². The molecule has 4 rings (SSSR count). The Morgan fingerprint density at radius 2 is 2.23 bits per heavy atom. The molecule has 35 heavy (non-hydrogen) atoms. The molecule has 1 saturated heterocycles. The number of carbonyl (C=O) groups excluding carboxylic acids is 1.